The van der Waals surface area contributed by atoms with Crippen LogP contribution in [0.3, 0.4) is 0 Å². The Kier molecular flexibility index (Phi) is 4.86. The van der Waals surface area contributed by atoms with Gasteiger partial charge in [-0.15, -0.1) is 0 Å². The predicted molar refractivity (Wildman–Crippen MR) is 49.8 cm³/mol. The number of methoxy groups -OCH3 is 1. The number of hydrogen-bond acceptors (Lipinski definition) is 5. The van der Waals surface area contributed by atoms with Gasteiger partial charge in [0, 0.05) is 13.7 Å². The van der Waals surface area contributed by atoms with Gasteiger partial charge in [-0.05, 0) is 12.8 Å². The topological polar surface area (TPSA) is 70.8 Å². The summed E-state index contributed by atoms with van der Waals surface area (Å²) in [7, 11) is 1.49. The Morgan fingerprint density at radius 2 is 2.50 bits per heavy atom. The molecule has 0 aliphatic carbocycles. The molecule has 2 unspecified atom stereocenters. The van der Waals surface area contributed by atoms with Crippen LogP contribution in [0.5, 0.6) is 0 Å². The highest BCUT2D eigenvalue weighted by Gasteiger charge is 2.20. The molecular formula is C9H17NO4. The zero-order valence-corrected chi connectivity index (χ0v) is 8.40. The van der Waals surface area contributed by atoms with Gasteiger partial charge < -0.3 is 19.9 Å². The Labute approximate surface area is 83.5 Å². The van der Waals surface area contributed by atoms with Crippen molar-refractivity contribution in [2.75, 3.05) is 26.9 Å². The third kappa shape index (κ3) is 3.61. The second-order valence-electron chi connectivity index (χ2n) is 3.33. The molecule has 0 aromatic carbocycles. The monoisotopic (exact) mass is 203 g/mol. The van der Waals surface area contributed by atoms with Crippen molar-refractivity contribution in [3.8, 4) is 0 Å². The van der Waals surface area contributed by atoms with Crippen LogP contribution >= 0.6 is 0 Å². The van der Waals surface area contributed by atoms with Crippen molar-refractivity contribution in [3.05, 3.63) is 0 Å². The molecule has 1 saturated heterocycles. The van der Waals surface area contributed by atoms with E-state index in [2.05, 4.69) is 0 Å². The highest BCUT2D eigenvalue weighted by Crippen LogP contribution is 2.11. The SMILES string of the molecule is COCC(N)C(=O)OCC1CCCO1. The van der Waals surface area contributed by atoms with Crippen LogP contribution in [0.1, 0.15) is 12.8 Å². The molecule has 0 spiro atoms. The minimum Gasteiger partial charge on any atom is -0.462 e. The molecule has 0 amide bonds. The number of ether oxygens (including phenoxy) is 3. The van der Waals surface area contributed by atoms with Crippen LogP contribution in [0.25, 0.3) is 0 Å². The largest absolute Gasteiger partial charge is 0.462 e. The summed E-state index contributed by atoms with van der Waals surface area (Å²) in [6, 6.07) is -0.693. The van der Waals surface area contributed by atoms with Gasteiger partial charge in [-0.1, -0.05) is 0 Å². The third-order valence-corrected chi connectivity index (χ3v) is 2.08. The van der Waals surface area contributed by atoms with Gasteiger partial charge in [0.1, 0.15) is 12.6 Å². The average Bonchev–Trinajstić information content (AvgIpc) is 2.67. The summed E-state index contributed by atoms with van der Waals surface area (Å²) in [5, 5.41) is 0. The van der Waals surface area contributed by atoms with Crippen LogP contribution in [0, 0.1) is 0 Å². The van der Waals surface area contributed by atoms with E-state index in [0.717, 1.165) is 19.4 Å². The summed E-state index contributed by atoms with van der Waals surface area (Å²) in [6.45, 7) is 1.24. The summed E-state index contributed by atoms with van der Waals surface area (Å²) < 4.78 is 15.0. The van der Waals surface area contributed by atoms with Crippen molar-refractivity contribution in [2.45, 2.75) is 25.0 Å². The van der Waals surface area contributed by atoms with E-state index >= 15 is 0 Å². The van der Waals surface area contributed by atoms with Crippen LogP contribution in [-0.4, -0.2) is 45.0 Å². The molecule has 1 aliphatic heterocycles. The first-order valence-electron chi connectivity index (χ1n) is 4.76. The molecule has 5 heteroatoms. The molecule has 1 aliphatic rings. The van der Waals surface area contributed by atoms with E-state index in [0.29, 0.717) is 6.61 Å². The minimum atomic E-state index is -0.693. The standard InChI is InChI=1S/C9H17NO4/c1-12-6-8(10)9(11)14-5-7-3-2-4-13-7/h7-8H,2-6,10H2,1H3. The lowest BCUT2D eigenvalue weighted by Gasteiger charge is -2.13. The summed E-state index contributed by atoms with van der Waals surface area (Å²) in [5.41, 5.74) is 5.47. The molecule has 0 bridgehead atoms. The van der Waals surface area contributed by atoms with E-state index < -0.39 is 12.0 Å². The van der Waals surface area contributed by atoms with Gasteiger partial charge in [0.05, 0.1) is 12.7 Å². The second kappa shape index (κ2) is 5.95. The van der Waals surface area contributed by atoms with E-state index in [1.165, 1.54) is 7.11 Å². The van der Waals surface area contributed by atoms with Gasteiger partial charge in [-0.2, -0.15) is 0 Å². The van der Waals surface area contributed by atoms with Gasteiger partial charge in [-0.25, -0.2) is 0 Å². The average molecular weight is 203 g/mol. The lowest BCUT2D eigenvalue weighted by atomic mass is 10.2. The highest BCUT2D eigenvalue weighted by molar-refractivity contribution is 5.75. The molecule has 0 aromatic heterocycles. The third-order valence-electron chi connectivity index (χ3n) is 2.08. The van der Waals surface area contributed by atoms with Gasteiger partial charge in [0.2, 0.25) is 0 Å². The first kappa shape index (κ1) is 11.4. The van der Waals surface area contributed by atoms with Crippen LogP contribution in [-0.2, 0) is 19.0 Å². The summed E-state index contributed by atoms with van der Waals surface area (Å²) in [6.07, 6.45) is 2.03. The van der Waals surface area contributed by atoms with E-state index in [-0.39, 0.29) is 12.7 Å². The molecule has 82 valence electrons. The first-order valence-corrected chi connectivity index (χ1v) is 4.76. The van der Waals surface area contributed by atoms with Gasteiger partial charge in [0.15, 0.2) is 0 Å². The second-order valence-corrected chi connectivity index (χ2v) is 3.33. The van der Waals surface area contributed by atoms with Crippen LogP contribution in [0.15, 0.2) is 0 Å². The number of esters is 1. The molecule has 2 atom stereocenters. The Bertz CT molecular complexity index is 180. The minimum absolute atomic E-state index is 0.0497. The lowest BCUT2D eigenvalue weighted by Crippen LogP contribution is -2.37. The molecule has 1 fully saturated rings. The van der Waals surface area contributed by atoms with E-state index in [1.807, 2.05) is 0 Å². The molecule has 0 radical (unpaired) electrons. The van der Waals surface area contributed by atoms with Crippen LogP contribution < -0.4 is 5.73 Å². The molecule has 1 rings (SSSR count). The van der Waals surface area contributed by atoms with E-state index in [9.17, 15) is 4.79 Å². The Hall–Kier alpha value is -0.650. The molecule has 0 saturated carbocycles. The lowest BCUT2D eigenvalue weighted by molar-refractivity contribution is -0.149. The van der Waals surface area contributed by atoms with Crippen molar-refractivity contribution in [2.24, 2.45) is 5.73 Å². The fourth-order valence-corrected chi connectivity index (χ4v) is 1.31. The molecule has 1 heterocycles. The van der Waals surface area contributed by atoms with Gasteiger partial charge in [-0.3, -0.25) is 4.79 Å². The van der Waals surface area contributed by atoms with Crippen LogP contribution in [0.2, 0.25) is 0 Å². The highest BCUT2D eigenvalue weighted by atomic mass is 16.6. The van der Waals surface area contributed by atoms with E-state index in [4.69, 9.17) is 19.9 Å². The molecule has 5 nitrogen and oxygen atoms in total. The number of hydrogen-bond donors (Lipinski definition) is 1. The fraction of sp³-hybridized carbons (Fsp3) is 0.889. The zero-order valence-electron chi connectivity index (χ0n) is 8.40. The van der Waals surface area contributed by atoms with Crippen molar-refractivity contribution < 1.29 is 19.0 Å². The quantitative estimate of drug-likeness (QED) is 0.620. The first-order chi connectivity index (χ1) is 6.74. The van der Waals surface area contributed by atoms with Gasteiger partial charge in [0.25, 0.3) is 0 Å². The van der Waals surface area contributed by atoms with Crippen molar-refractivity contribution in [1.29, 1.82) is 0 Å². The fourth-order valence-electron chi connectivity index (χ4n) is 1.31. The van der Waals surface area contributed by atoms with E-state index in [1.54, 1.807) is 0 Å². The van der Waals surface area contributed by atoms with Crippen molar-refractivity contribution in [3.63, 3.8) is 0 Å². The zero-order chi connectivity index (χ0) is 10.4. The maximum absolute atomic E-state index is 11.2. The summed E-state index contributed by atoms with van der Waals surface area (Å²) in [4.78, 5) is 11.2. The molecule has 14 heavy (non-hydrogen) atoms. The maximum atomic E-state index is 11.2. The number of rotatable bonds is 5. The maximum Gasteiger partial charge on any atom is 0.325 e. The number of carbonyl (C=O) groups excluding carboxylic acids is 1. The Balaban J connectivity index is 2.13. The smallest absolute Gasteiger partial charge is 0.325 e. The molecular weight excluding hydrogens is 186 g/mol. The Morgan fingerprint density at radius 1 is 1.71 bits per heavy atom. The number of carbonyl (C=O) groups is 1. The van der Waals surface area contributed by atoms with Crippen molar-refractivity contribution >= 4 is 5.97 Å². The predicted octanol–water partition coefficient (Wildman–Crippen LogP) is -0.318. The molecule has 2 N–H and O–H groups in total. The summed E-state index contributed by atoms with van der Waals surface area (Å²) in [5.74, 6) is -0.428. The molecule has 0 aromatic rings. The van der Waals surface area contributed by atoms with Crippen molar-refractivity contribution in [1.82, 2.24) is 0 Å². The number of nitrogens with two attached hydrogens (primary N) is 1. The Morgan fingerprint density at radius 3 is 3.07 bits per heavy atom. The normalized spacial score (nSPS) is 23.4. The van der Waals surface area contributed by atoms with Gasteiger partial charge >= 0.3 is 5.97 Å². The van der Waals surface area contributed by atoms with Crippen LogP contribution in [0.4, 0.5) is 0 Å². The summed E-state index contributed by atoms with van der Waals surface area (Å²) >= 11 is 0.